The van der Waals surface area contributed by atoms with E-state index in [1.807, 2.05) is 26.1 Å². The Kier molecular flexibility index (Phi) is 8.11. The van der Waals surface area contributed by atoms with Gasteiger partial charge in [0.25, 0.3) is 0 Å². The fourth-order valence-electron chi connectivity index (χ4n) is 5.52. The zero-order valence-electron chi connectivity index (χ0n) is 26.5. The predicted molar refractivity (Wildman–Crippen MR) is 172 cm³/mol. The van der Waals surface area contributed by atoms with Gasteiger partial charge >= 0.3 is 21.1 Å². The minimum atomic E-state index is -0.00449. The van der Waals surface area contributed by atoms with Crippen LogP contribution < -0.4 is 4.74 Å². The van der Waals surface area contributed by atoms with Crippen LogP contribution in [0.4, 0.5) is 0 Å². The van der Waals surface area contributed by atoms with Crippen molar-refractivity contribution in [2.45, 2.75) is 79.2 Å². The van der Waals surface area contributed by atoms with Gasteiger partial charge < -0.3 is 14.0 Å². The molecule has 1 atom stereocenters. The molecule has 0 N–H and O–H groups in total. The van der Waals surface area contributed by atoms with Crippen molar-refractivity contribution < 1.29 is 30.5 Å². The van der Waals surface area contributed by atoms with E-state index in [0.29, 0.717) is 24.0 Å². The summed E-state index contributed by atoms with van der Waals surface area (Å²) >= 11 is 0. The van der Waals surface area contributed by atoms with Gasteiger partial charge in [-0.15, -0.1) is 29.1 Å². The van der Waals surface area contributed by atoms with Gasteiger partial charge in [0.2, 0.25) is 0 Å². The third-order valence-corrected chi connectivity index (χ3v) is 8.00. The van der Waals surface area contributed by atoms with Crippen LogP contribution in [0.5, 0.6) is 11.5 Å². The Morgan fingerprint density at radius 3 is 2.26 bits per heavy atom. The average molecular weight is 753 g/mol. The van der Waals surface area contributed by atoms with Crippen LogP contribution >= 0.6 is 0 Å². The molecular weight excluding hydrogens is 714 g/mol. The van der Waals surface area contributed by atoms with Gasteiger partial charge in [0, 0.05) is 23.2 Å². The Labute approximate surface area is 269 Å². The van der Waals surface area contributed by atoms with Gasteiger partial charge in [-0.1, -0.05) is 90.2 Å². The first-order valence-corrected chi connectivity index (χ1v) is 14.7. The fraction of sp³-hybridized carbons (Fsp3) is 0.351. The van der Waals surface area contributed by atoms with Crippen LogP contribution in [0.3, 0.4) is 0 Å². The maximum absolute atomic E-state index is 6.49. The Balaban J connectivity index is 0.00000368. The summed E-state index contributed by atoms with van der Waals surface area (Å²) in [7, 11) is 0. The molecule has 5 aromatic rings. The van der Waals surface area contributed by atoms with Gasteiger partial charge in [-0.05, 0) is 52.5 Å². The molecular formula is C37H39N3O2Pt. The zero-order chi connectivity index (χ0) is 30.0. The molecule has 2 aromatic heterocycles. The molecule has 0 saturated heterocycles. The number of aromatic nitrogens is 2. The van der Waals surface area contributed by atoms with E-state index in [4.69, 9.17) is 14.5 Å². The Bertz CT molecular complexity index is 1870. The molecule has 224 valence electrons. The molecule has 6 heteroatoms. The molecule has 3 aromatic carbocycles. The van der Waals surface area contributed by atoms with Gasteiger partial charge in [0.1, 0.15) is 11.7 Å². The van der Waals surface area contributed by atoms with Crippen LogP contribution in [0.15, 0.2) is 59.7 Å². The average Bonchev–Trinajstić information content (AvgIpc) is 3.49. The molecule has 0 aliphatic carbocycles. The molecule has 0 spiro atoms. The van der Waals surface area contributed by atoms with E-state index in [1.54, 1.807) is 0 Å². The second kappa shape index (κ2) is 11.2. The number of hydrogen-bond acceptors (Lipinski definition) is 4. The number of aliphatic imine (C=N–C) groups is 1. The normalized spacial score (nSPS) is 15.4. The number of fused-ring (bicyclic) bond motifs is 3. The summed E-state index contributed by atoms with van der Waals surface area (Å²) in [6.07, 6.45) is 1.90. The molecule has 1 aliphatic rings. The molecule has 3 heterocycles. The summed E-state index contributed by atoms with van der Waals surface area (Å²) in [5.74, 6) is 2.75. The number of ether oxygens (including phenoxy) is 2. The maximum atomic E-state index is 6.49. The van der Waals surface area contributed by atoms with E-state index < -0.39 is 0 Å². The van der Waals surface area contributed by atoms with Crippen LogP contribution in [-0.4, -0.2) is 28.1 Å². The first-order valence-electron chi connectivity index (χ1n) is 14.7. The topological polar surface area (TPSA) is 48.6 Å². The summed E-state index contributed by atoms with van der Waals surface area (Å²) in [4.78, 5) is 9.48. The third-order valence-electron chi connectivity index (χ3n) is 8.00. The molecule has 0 radical (unpaired) electrons. The van der Waals surface area contributed by atoms with Gasteiger partial charge in [-0.25, -0.2) is 4.98 Å². The minimum absolute atomic E-state index is 0. The Morgan fingerprint density at radius 1 is 0.860 bits per heavy atom. The summed E-state index contributed by atoms with van der Waals surface area (Å²) in [5.41, 5.74) is 7.45. The van der Waals surface area contributed by atoms with Crippen molar-refractivity contribution in [2.24, 2.45) is 4.99 Å². The SMILES string of the molecule is Cc1cc(C)c(C2=N[C@H](C)CO2)[c-]c1Oc1[c-]c2c(cc1)c1cc(C(C)(C)C)ccc1n2-c1cc(C(C)(C)C)ccn1.[Pt+2]. The molecule has 6 rings (SSSR count). The van der Waals surface area contributed by atoms with Crippen molar-refractivity contribution >= 4 is 27.7 Å². The second-order valence-electron chi connectivity index (χ2n) is 13.6. The Hall–Kier alpha value is -3.43. The van der Waals surface area contributed by atoms with Crippen molar-refractivity contribution in [1.82, 2.24) is 9.55 Å². The zero-order valence-corrected chi connectivity index (χ0v) is 28.7. The van der Waals surface area contributed by atoms with E-state index >= 15 is 0 Å². The second-order valence-corrected chi connectivity index (χ2v) is 13.6. The van der Waals surface area contributed by atoms with E-state index in [2.05, 4.69) is 113 Å². The largest absolute Gasteiger partial charge is 2.00 e. The number of aryl methyl sites for hydroxylation is 2. The van der Waals surface area contributed by atoms with E-state index in [9.17, 15) is 0 Å². The number of benzene rings is 3. The van der Waals surface area contributed by atoms with Gasteiger partial charge in [-0.2, -0.15) is 6.07 Å². The third kappa shape index (κ3) is 5.89. The van der Waals surface area contributed by atoms with Crippen LogP contribution in [0.25, 0.3) is 27.6 Å². The summed E-state index contributed by atoms with van der Waals surface area (Å²) < 4.78 is 14.5. The van der Waals surface area contributed by atoms with E-state index in [1.165, 1.54) is 16.5 Å². The van der Waals surface area contributed by atoms with Crippen LogP contribution in [0.2, 0.25) is 0 Å². The monoisotopic (exact) mass is 752 g/mol. The molecule has 5 nitrogen and oxygen atoms in total. The molecule has 1 aliphatic heterocycles. The van der Waals surface area contributed by atoms with Gasteiger partial charge in [-0.3, -0.25) is 4.99 Å². The molecule has 0 fully saturated rings. The quantitative estimate of drug-likeness (QED) is 0.172. The van der Waals surface area contributed by atoms with Crippen LogP contribution in [0.1, 0.15) is 76.3 Å². The minimum Gasteiger partial charge on any atom is -0.518 e. The summed E-state index contributed by atoms with van der Waals surface area (Å²) in [5, 5.41) is 2.29. The Morgan fingerprint density at radius 2 is 1.58 bits per heavy atom. The van der Waals surface area contributed by atoms with Crippen molar-refractivity contribution in [2.75, 3.05) is 6.61 Å². The standard InChI is InChI=1S/C37H39N3O2.Pt/c1-22-16-23(2)33(20-29(22)35-39-24(3)21-41-35)42-27-11-12-28-30-17-25(36(4,5)6)10-13-31(30)40(32(28)19-27)34-18-26(14-15-38-34)37(7,8)9;/h10-18,24H,21H2,1-9H3;/q-2;+2/t24-;/m1./s1. The molecule has 0 bridgehead atoms. The maximum Gasteiger partial charge on any atom is 2.00 e. The van der Waals surface area contributed by atoms with Crippen LogP contribution in [-0.2, 0) is 36.6 Å². The van der Waals surface area contributed by atoms with Gasteiger partial charge in [0.15, 0.2) is 0 Å². The molecule has 43 heavy (non-hydrogen) atoms. The number of pyridine rings is 1. The predicted octanol–water partition coefficient (Wildman–Crippen LogP) is 8.95. The number of rotatable bonds is 4. The van der Waals surface area contributed by atoms with Crippen molar-refractivity contribution in [1.29, 1.82) is 0 Å². The molecule has 0 amide bonds. The van der Waals surface area contributed by atoms with Crippen LogP contribution in [0, 0.1) is 26.0 Å². The smallest absolute Gasteiger partial charge is 0.518 e. The molecule has 0 saturated carbocycles. The number of hydrogen-bond donors (Lipinski definition) is 0. The van der Waals surface area contributed by atoms with E-state index in [0.717, 1.165) is 38.9 Å². The van der Waals surface area contributed by atoms with E-state index in [-0.39, 0.29) is 37.9 Å². The fourth-order valence-corrected chi connectivity index (χ4v) is 5.52. The molecule has 0 unspecified atom stereocenters. The number of nitrogens with zero attached hydrogens (tertiary/aromatic N) is 3. The van der Waals surface area contributed by atoms with Crippen molar-refractivity contribution in [3.05, 3.63) is 94.7 Å². The summed E-state index contributed by atoms with van der Waals surface area (Å²) in [6, 6.07) is 24.4. The first-order chi connectivity index (χ1) is 19.8. The summed E-state index contributed by atoms with van der Waals surface area (Å²) in [6.45, 7) is 20.1. The van der Waals surface area contributed by atoms with Crippen molar-refractivity contribution in [3.63, 3.8) is 0 Å². The van der Waals surface area contributed by atoms with Crippen molar-refractivity contribution in [3.8, 4) is 17.3 Å². The first kappa shape index (κ1) is 31.0. The van der Waals surface area contributed by atoms with Gasteiger partial charge in [0.05, 0.1) is 12.6 Å².